The summed E-state index contributed by atoms with van der Waals surface area (Å²) in [6, 6.07) is 15.2. The molecule has 1 saturated heterocycles. The minimum absolute atomic E-state index is 0.106. The van der Waals surface area contributed by atoms with E-state index in [9.17, 15) is 10.2 Å². The summed E-state index contributed by atoms with van der Waals surface area (Å²) in [6.45, 7) is 8.93. The van der Waals surface area contributed by atoms with Crippen LogP contribution in [-0.4, -0.2) is 70.0 Å². The van der Waals surface area contributed by atoms with Gasteiger partial charge in [0, 0.05) is 30.7 Å². The number of hydrogen-bond acceptors (Lipinski definition) is 5. The van der Waals surface area contributed by atoms with Gasteiger partial charge in [0.25, 0.3) is 0 Å². The third kappa shape index (κ3) is 4.71. The first-order valence-electron chi connectivity index (χ1n) is 16.7. The van der Waals surface area contributed by atoms with E-state index in [0.717, 1.165) is 63.3 Å². The highest BCUT2D eigenvalue weighted by molar-refractivity contribution is 5.62. The van der Waals surface area contributed by atoms with Crippen LogP contribution in [0.25, 0.3) is 0 Å². The van der Waals surface area contributed by atoms with Gasteiger partial charge in [-0.1, -0.05) is 63.1 Å². The van der Waals surface area contributed by atoms with Gasteiger partial charge in [-0.2, -0.15) is 0 Å². The van der Waals surface area contributed by atoms with Crippen molar-refractivity contribution >= 4 is 0 Å². The Labute approximate surface area is 246 Å². The average Bonchev–Trinajstić information content (AvgIpc) is 3.70. The number of phenols is 1. The molecule has 5 atom stereocenters. The summed E-state index contributed by atoms with van der Waals surface area (Å²) in [5.41, 5.74) is 2.67. The van der Waals surface area contributed by atoms with Crippen molar-refractivity contribution in [2.24, 2.45) is 11.8 Å². The Balaban J connectivity index is 1.11. The highest BCUT2D eigenvalue weighted by Crippen LogP contribution is 2.66. The number of aromatic hydroxyl groups is 1. The van der Waals surface area contributed by atoms with Crippen molar-refractivity contribution in [3.8, 4) is 11.5 Å². The first-order chi connectivity index (χ1) is 19.9. The van der Waals surface area contributed by atoms with Crippen molar-refractivity contribution < 1.29 is 14.9 Å². The van der Waals surface area contributed by atoms with Crippen molar-refractivity contribution in [2.45, 2.75) is 114 Å². The summed E-state index contributed by atoms with van der Waals surface area (Å²) in [5.74, 6) is 2.31. The van der Waals surface area contributed by atoms with E-state index in [1.165, 1.54) is 56.1 Å². The molecule has 1 spiro atoms. The number of phenolic OH excluding ortho intramolecular Hbond substituents is 1. The Morgan fingerprint density at radius 2 is 1.80 bits per heavy atom. The number of aliphatic hydroxyl groups is 1. The van der Waals surface area contributed by atoms with Crippen LogP contribution in [0.5, 0.6) is 11.5 Å². The molecule has 222 valence electrons. The van der Waals surface area contributed by atoms with Gasteiger partial charge in [-0.05, 0) is 99.9 Å². The molecule has 2 aliphatic heterocycles. The number of piperidine rings is 1. The number of aryl methyl sites for hydroxylation is 1. The summed E-state index contributed by atoms with van der Waals surface area (Å²) in [5, 5.41) is 23.8. The van der Waals surface area contributed by atoms with Gasteiger partial charge in [-0.25, -0.2) is 0 Å². The fourth-order valence-electron chi connectivity index (χ4n) is 9.33. The SMILES string of the molecule is CC(C)CN(CCCCCCc1ccccc1)[C@H]1CC[C@@]2(O)[C@@H]3Cc4ccc(O)c5c4[C@@]2(CCN3CC2CC2)[C@H]1O5. The largest absolute Gasteiger partial charge is 0.504 e. The molecule has 0 amide bonds. The number of ether oxygens (including phenoxy) is 1. The Hall–Kier alpha value is -2.08. The normalized spacial score (nSPS) is 31.9. The zero-order chi connectivity index (χ0) is 28.2. The zero-order valence-corrected chi connectivity index (χ0v) is 25.2. The highest BCUT2D eigenvalue weighted by Gasteiger charge is 2.73. The summed E-state index contributed by atoms with van der Waals surface area (Å²) < 4.78 is 6.90. The molecule has 2 N–H and O–H groups in total. The first-order valence-corrected chi connectivity index (χ1v) is 16.7. The molecule has 5 aliphatic rings. The minimum atomic E-state index is -0.797. The number of likely N-dealkylation sites (tertiary alicyclic amines) is 1. The predicted molar refractivity (Wildman–Crippen MR) is 164 cm³/mol. The molecule has 0 aromatic heterocycles. The van der Waals surface area contributed by atoms with E-state index in [0.29, 0.717) is 11.7 Å². The summed E-state index contributed by atoms with van der Waals surface area (Å²) in [6.07, 6.45) is 12.3. The molecule has 5 heteroatoms. The lowest BCUT2D eigenvalue weighted by Gasteiger charge is -2.65. The lowest BCUT2D eigenvalue weighted by Crippen LogP contribution is -2.78. The van der Waals surface area contributed by atoms with Crippen molar-refractivity contribution in [3.05, 3.63) is 59.2 Å². The molecule has 5 nitrogen and oxygen atoms in total. The average molecular weight is 559 g/mol. The van der Waals surface area contributed by atoms with Crippen LogP contribution in [0.1, 0.15) is 88.3 Å². The van der Waals surface area contributed by atoms with E-state index in [1.54, 1.807) is 0 Å². The van der Waals surface area contributed by atoms with Crippen molar-refractivity contribution in [2.75, 3.05) is 26.2 Å². The van der Waals surface area contributed by atoms with Crippen LogP contribution in [0, 0.1) is 11.8 Å². The number of benzene rings is 2. The molecular formula is C36H50N2O3. The zero-order valence-electron chi connectivity index (χ0n) is 25.2. The van der Waals surface area contributed by atoms with E-state index in [-0.39, 0.29) is 23.9 Å². The van der Waals surface area contributed by atoms with Crippen molar-refractivity contribution in [1.82, 2.24) is 9.80 Å². The number of rotatable bonds is 12. The third-order valence-corrected chi connectivity index (χ3v) is 11.3. The van der Waals surface area contributed by atoms with Crippen molar-refractivity contribution in [1.29, 1.82) is 0 Å². The van der Waals surface area contributed by atoms with Gasteiger partial charge in [-0.15, -0.1) is 0 Å². The second kappa shape index (κ2) is 10.9. The summed E-state index contributed by atoms with van der Waals surface area (Å²) in [7, 11) is 0. The molecule has 0 unspecified atom stereocenters. The van der Waals surface area contributed by atoms with Gasteiger partial charge in [-0.3, -0.25) is 9.80 Å². The van der Waals surface area contributed by atoms with Gasteiger partial charge in [0.2, 0.25) is 0 Å². The Morgan fingerprint density at radius 1 is 1.00 bits per heavy atom. The maximum Gasteiger partial charge on any atom is 0.165 e. The van der Waals surface area contributed by atoms with Gasteiger partial charge in [0.15, 0.2) is 11.5 Å². The van der Waals surface area contributed by atoms with Crippen LogP contribution >= 0.6 is 0 Å². The van der Waals surface area contributed by atoms with Gasteiger partial charge >= 0.3 is 0 Å². The lowest BCUT2D eigenvalue weighted by atomic mass is 9.48. The molecule has 2 heterocycles. The summed E-state index contributed by atoms with van der Waals surface area (Å²) >= 11 is 0. The molecule has 2 aromatic rings. The quantitative estimate of drug-likeness (QED) is 0.309. The molecular weight excluding hydrogens is 508 g/mol. The number of unbranched alkanes of at least 4 members (excludes halogenated alkanes) is 3. The van der Waals surface area contributed by atoms with Crippen LogP contribution in [0.4, 0.5) is 0 Å². The van der Waals surface area contributed by atoms with Crippen LogP contribution in [0.15, 0.2) is 42.5 Å². The molecule has 3 aliphatic carbocycles. The highest BCUT2D eigenvalue weighted by atomic mass is 16.5. The van der Waals surface area contributed by atoms with E-state index >= 15 is 0 Å². The van der Waals surface area contributed by atoms with Crippen LogP contribution in [0.3, 0.4) is 0 Å². The second-order valence-corrected chi connectivity index (χ2v) is 14.4. The number of hydrogen-bond donors (Lipinski definition) is 2. The monoisotopic (exact) mass is 558 g/mol. The molecule has 7 rings (SSSR count). The molecule has 0 radical (unpaired) electrons. The van der Waals surface area contributed by atoms with E-state index in [2.05, 4.69) is 60.0 Å². The van der Waals surface area contributed by atoms with Gasteiger partial charge in [0.1, 0.15) is 6.10 Å². The van der Waals surface area contributed by atoms with Crippen LogP contribution in [-0.2, 0) is 18.3 Å². The van der Waals surface area contributed by atoms with E-state index in [4.69, 9.17) is 4.74 Å². The standard InChI is InChI=1S/C36H50N2O3/c1-25(2)23-37(20-9-4-3-6-10-26-11-7-5-8-12-26)29-17-18-36(40)31-22-28-15-16-30(39)33-32(28)35(36,34(29)41-33)19-21-38(31)24-27-13-14-27/h5,7-8,11-12,15-16,25,27,29,31,34,39-40H,3-4,6,9-10,13-14,17-24H2,1-2H3/t29-,31-,34-,35-,36+/m0/s1. The maximum absolute atomic E-state index is 12.8. The predicted octanol–water partition coefficient (Wildman–Crippen LogP) is 6.09. The van der Waals surface area contributed by atoms with Crippen LogP contribution < -0.4 is 4.74 Å². The molecule has 3 fully saturated rings. The lowest BCUT2D eigenvalue weighted by molar-refractivity contribution is -0.201. The first kappa shape index (κ1) is 27.7. The molecule has 2 aromatic carbocycles. The Morgan fingerprint density at radius 3 is 2.59 bits per heavy atom. The van der Waals surface area contributed by atoms with Crippen LogP contribution in [0.2, 0.25) is 0 Å². The maximum atomic E-state index is 12.8. The van der Waals surface area contributed by atoms with Gasteiger partial charge in [0.05, 0.1) is 11.0 Å². The fourth-order valence-corrected chi connectivity index (χ4v) is 9.33. The fraction of sp³-hybridized carbons (Fsp3) is 0.667. The Bertz CT molecular complexity index is 1230. The van der Waals surface area contributed by atoms with Gasteiger partial charge < -0.3 is 14.9 Å². The number of nitrogens with zero attached hydrogens (tertiary/aromatic N) is 2. The Kier molecular flexibility index (Phi) is 7.36. The van der Waals surface area contributed by atoms with Crippen molar-refractivity contribution in [3.63, 3.8) is 0 Å². The molecule has 2 bridgehead atoms. The topological polar surface area (TPSA) is 56.2 Å². The minimum Gasteiger partial charge on any atom is -0.504 e. The third-order valence-electron chi connectivity index (χ3n) is 11.3. The van der Waals surface area contributed by atoms with E-state index in [1.807, 2.05) is 6.07 Å². The molecule has 41 heavy (non-hydrogen) atoms. The molecule has 2 saturated carbocycles. The smallest absolute Gasteiger partial charge is 0.165 e. The second-order valence-electron chi connectivity index (χ2n) is 14.4. The summed E-state index contributed by atoms with van der Waals surface area (Å²) in [4.78, 5) is 5.35. The van der Waals surface area contributed by atoms with E-state index < -0.39 is 11.0 Å².